The predicted octanol–water partition coefficient (Wildman–Crippen LogP) is 2.80. The van der Waals surface area contributed by atoms with Crippen molar-refractivity contribution < 1.29 is 14.4 Å². The number of thioether (sulfide) groups is 1. The summed E-state index contributed by atoms with van der Waals surface area (Å²) in [4.78, 5) is 41.9. The molecule has 0 aliphatic carbocycles. The van der Waals surface area contributed by atoms with Crippen molar-refractivity contribution >= 4 is 35.2 Å². The number of aromatic nitrogens is 3. The molecule has 1 N–H and O–H groups in total. The van der Waals surface area contributed by atoms with Gasteiger partial charge in [0, 0.05) is 50.4 Å². The van der Waals surface area contributed by atoms with Crippen LogP contribution in [0.4, 0.5) is 5.69 Å². The van der Waals surface area contributed by atoms with Crippen LogP contribution in [-0.4, -0.2) is 74.2 Å². The summed E-state index contributed by atoms with van der Waals surface area (Å²) in [7, 11) is 1.83. The molecular weight excluding hydrogens is 452 g/mol. The van der Waals surface area contributed by atoms with E-state index in [2.05, 4.69) is 15.5 Å². The molecule has 34 heavy (non-hydrogen) atoms. The normalized spacial score (nSPS) is 17.3. The summed E-state index contributed by atoms with van der Waals surface area (Å²) < 4.78 is 1.76. The van der Waals surface area contributed by atoms with Crippen molar-refractivity contribution in [2.45, 2.75) is 43.7 Å². The predicted molar refractivity (Wildman–Crippen MR) is 130 cm³/mol. The highest BCUT2D eigenvalue weighted by molar-refractivity contribution is 7.99. The summed E-state index contributed by atoms with van der Waals surface area (Å²) in [6.45, 7) is 2.95. The van der Waals surface area contributed by atoms with Gasteiger partial charge in [-0.05, 0) is 49.9 Å². The van der Waals surface area contributed by atoms with E-state index in [1.54, 1.807) is 35.2 Å². The molecule has 0 atom stereocenters. The summed E-state index contributed by atoms with van der Waals surface area (Å²) in [5.74, 6) is 0.336. The number of hydrogen-bond acceptors (Lipinski definition) is 6. The van der Waals surface area contributed by atoms with Crippen LogP contribution in [0.5, 0.6) is 0 Å². The Kier molecular flexibility index (Phi) is 8.21. The van der Waals surface area contributed by atoms with Crippen LogP contribution < -0.4 is 5.32 Å². The van der Waals surface area contributed by atoms with E-state index in [1.807, 2.05) is 16.8 Å². The van der Waals surface area contributed by atoms with E-state index < -0.39 is 0 Å². The number of benzene rings is 1. The van der Waals surface area contributed by atoms with Crippen LogP contribution in [0.3, 0.4) is 0 Å². The molecule has 0 saturated carbocycles. The monoisotopic (exact) mass is 484 g/mol. The van der Waals surface area contributed by atoms with Gasteiger partial charge < -0.3 is 19.7 Å². The standard InChI is InChI=1S/C24H32N6O3S/c1-28-17-25-27-24(28)34-16-21(31)26-20-8-6-18(7-9-20)22(32)30-14-10-19(11-15-30)23(33)29-12-4-2-3-5-13-29/h6-9,17,19H,2-5,10-16H2,1H3,(H,26,31). The van der Waals surface area contributed by atoms with Gasteiger partial charge in [0.25, 0.3) is 5.91 Å². The van der Waals surface area contributed by atoms with Crippen LogP contribution >= 0.6 is 11.8 Å². The molecule has 1 aromatic heterocycles. The fourth-order valence-corrected chi connectivity index (χ4v) is 5.18. The Morgan fingerprint density at radius 2 is 1.65 bits per heavy atom. The second kappa shape index (κ2) is 11.5. The maximum absolute atomic E-state index is 12.9. The summed E-state index contributed by atoms with van der Waals surface area (Å²) in [5.41, 5.74) is 1.23. The number of likely N-dealkylation sites (tertiary alicyclic amines) is 2. The summed E-state index contributed by atoms with van der Waals surface area (Å²) >= 11 is 1.31. The molecule has 2 aromatic rings. The van der Waals surface area contributed by atoms with Gasteiger partial charge in [0.1, 0.15) is 6.33 Å². The molecule has 0 spiro atoms. The second-order valence-electron chi connectivity index (χ2n) is 8.94. The highest BCUT2D eigenvalue weighted by Gasteiger charge is 2.30. The van der Waals surface area contributed by atoms with Crippen LogP contribution in [0.15, 0.2) is 35.7 Å². The Balaban J connectivity index is 1.24. The van der Waals surface area contributed by atoms with Crippen LogP contribution in [0.1, 0.15) is 48.9 Å². The Hall–Kier alpha value is -2.88. The molecule has 0 bridgehead atoms. The molecule has 182 valence electrons. The van der Waals surface area contributed by atoms with E-state index in [9.17, 15) is 14.4 Å². The van der Waals surface area contributed by atoms with Crippen molar-refractivity contribution in [3.8, 4) is 0 Å². The van der Waals surface area contributed by atoms with Crippen molar-refractivity contribution in [1.82, 2.24) is 24.6 Å². The summed E-state index contributed by atoms with van der Waals surface area (Å²) in [5, 5.41) is 11.2. The smallest absolute Gasteiger partial charge is 0.253 e. The fourth-order valence-electron chi connectivity index (χ4n) is 4.49. The van der Waals surface area contributed by atoms with Crippen molar-refractivity contribution in [2.75, 3.05) is 37.2 Å². The molecule has 2 saturated heterocycles. The summed E-state index contributed by atoms with van der Waals surface area (Å²) in [6, 6.07) is 6.96. The lowest BCUT2D eigenvalue weighted by Gasteiger charge is -2.34. The maximum Gasteiger partial charge on any atom is 0.253 e. The third-order valence-electron chi connectivity index (χ3n) is 6.47. The number of carbonyl (C=O) groups excluding carboxylic acids is 3. The van der Waals surface area contributed by atoms with Gasteiger partial charge in [0.15, 0.2) is 5.16 Å². The zero-order chi connectivity index (χ0) is 23.9. The lowest BCUT2D eigenvalue weighted by Crippen LogP contribution is -2.44. The van der Waals surface area contributed by atoms with Crippen LogP contribution in [0.2, 0.25) is 0 Å². The zero-order valence-electron chi connectivity index (χ0n) is 19.6. The van der Waals surface area contributed by atoms with Crippen LogP contribution in [0.25, 0.3) is 0 Å². The van der Waals surface area contributed by atoms with Gasteiger partial charge in [0.05, 0.1) is 5.75 Å². The molecule has 3 heterocycles. The van der Waals surface area contributed by atoms with E-state index in [0.29, 0.717) is 29.5 Å². The number of amides is 3. The Labute approximate surface area is 204 Å². The van der Waals surface area contributed by atoms with Crippen molar-refractivity contribution in [1.29, 1.82) is 0 Å². The molecule has 10 heteroatoms. The minimum atomic E-state index is -0.150. The number of piperidine rings is 1. The molecule has 2 fully saturated rings. The SMILES string of the molecule is Cn1cnnc1SCC(=O)Nc1ccc(C(=O)N2CCC(C(=O)N3CCCCCC3)CC2)cc1. The highest BCUT2D eigenvalue weighted by atomic mass is 32.2. The highest BCUT2D eigenvalue weighted by Crippen LogP contribution is 2.23. The first-order valence-electron chi connectivity index (χ1n) is 12.0. The van der Waals surface area contributed by atoms with E-state index in [1.165, 1.54) is 24.6 Å². The summed E-state index contributed by atoms with van der Waals surface area (Å²) in [6.07, 6.45) is 7.64. The van der Waals surface area contributed by atoms with Gasteiger partial charge in [-0.2, -0.15) is 0 Å². The molecule has 2 aliphatic heterocycles. The molecule has 3 amide bonds. The number of aryl methyl sites for hydroxylation is 1. The fraction of sp³-hybridized carbons (Fsp3) is 0.542. The van der Waals surface area contributed by atoms with Crippen LogP contribution in [0, 0.1) is 5.92 Å². The van der Waals surface area contributed by atoms with Gasteiger partial charge in [0.2, 0.25) is 11.8 Å². The van der Waals surface area contributed by atoms with Gasteiger partial charge in [-0.3, -0.25) is 14.4 Å². The van der Waals surface area contributed by atoms with Crippen molar-refractivity contribution in [2.24, 2.45) is 13.0 Å². The number of nitrogens with one attached hydrogen (secondary N) is 1. The topological polar surface area (TPSA) is 100 Å². The number of rotatable bonds is 6. The number of anilines is 1. The van der Waals surface area contributed by atoms with Crippen molar-refractivity contribution in [3.05, 3.63) is 36.2 Å². The number of carbonyl (C=O) groups is 3. The first-order chi connectivity index (χ1) is 16.5. The molecule has 4 rings (SSSR count). The Morgan fingerprint density at radius 3 is 2.26 bits per heavy atom. The average Bonchev–Trinajstić information content (AvgIpc) is 3.09. The molecule has 0 radical (unpaired) electrons. The minimum Gasteiger partial charge on any atom is -0.342 e. The second-order valence-corrected chi connectivity index (χ2v) is 9.89. The lowest BCUT2D eigenvalue weighted by molar-refractivity contribution is -0.136. The van der Waals surface area contributed by atoms with E-state index >= 15 is 0 Å². The zero-order valence-corrected chi connectivity index (χ0v) is 20.4. The van der Waals surface area contributed by atoms with Gasteiger partial charge in [-0.1, -0.05) is 24.6 Å². The van der Waals surface area contributed by atoms with Crippen molar-refractivity contribution in [3.63, 3.8) is 0 Å². The average molecular weight is 485 g/mol. The molecule has 9 nitrogen and oxygen atoms in total. The minimum absolute atomic E-state index is 0.0270. The quantitative estimate of drug-likeness (QED) is 0.633. The first kappa shape index (κ1) is 24.3. The number of hydrogen-bond donors (Lipinski definition) is 1. The third-order valence-corrected chi connectivity index (χ3v) is 7.50. The molecular formula is C24H32N6O3S. The largest absolute Gasteiger partial charge is 0.342 e. The molecule has 2 aliphatic rings. The van der Waals surface area contributed by atoms with E-state index in [0.717, 1.165) is 38.8 Å². The maximum atomic E-state index is 12.9. The lowest BCUT2D eigenvalue weighted by atomic mass is 9.94. The van der Waals surface area contributed by atoms with Gasteiger partial charge >= 0.3 is 0 Å². The van der Waals surface area contributed by atoms with Gasteiger partial charge in [-0.15, -0.1) is 10.2 Å². The Morgan fingerprint density at radius 1 is 0.971 bits per heavy atom. The molecule has 1 aromatic carbocycles. The molecule has 0 unspecified atom stereocenters. The van der Waals surface area contributed by atoms with Gasteiger partial charge in [-0.25, -0.2) is 0 Å². The van der Waals surface area contributed by atoms with Crippen LogP contribution in [-0.2, 0) is 16.6 Å². The first-order valence-corrected chi connectivity index (χ1v) is 12.9. The van der Waals surface area contributed by atoms with E-state index in [-0.39, 0.29) is 29.4 Å². The third kappa shape index (κ3) is 6.16. The number of nitrogens with zero attached hydrogens (tertiary/aromatic N) is 5. The Bertz CT molecular complexity index is 992. The van der Waals surface area contributed by atoms with E-state index in [4.69, 9.17) is 0 Å².